The molecule has 0 radical (unpaired) electrons. The normalized spacial score (nSPS) is 11.3. The van der Waals surface area contributed by atoms with Crippen molar-refractivity contribution in [2.24, 2.45) is 0 Å². The van der Waals surface area contributed by atoms with Gasteiger partial charge in [-0.2, -0.15) is 0 Å². The Kier molecular flexibility index (Phi) is 4.11. The predicted octanol–water partition coefficient (Wildman–Crippen LogP) is 1.44. The van der Waals surface area contributed by atoms with Gasteiger partial charge in [-0.05, 0) is 0 Å². The average molecular weight is 424 g/mol. The zero-order chi connectivity index (χ0) is 11.4. The van der Waals surface area contributed by atoms with E-state index in [-0.39, 0.29) is 48.6 Å². The van der Waals surface area contributed by atoms with E-state index in [1.807, 2.05) is 36.4 Å². The fourth-order valence-electron chi connectivity index (χ4n) is 1.39. The van der Waals surface area contributed by atoms with Crippen LogP contribution >= 0.6 is 0 Å². The number of aliphatic hydroxyl groups excluding tert-OH is 1. The molecule has 1 heterocycles. The summed E-state index contributed by atoms with van der Waals surface area (Å²) in [6.45, 7) is 0. The first-order chi connectivity index (χ1) is 7.75. The van der Waals surface area contributed by atoms with Crippen molar-refractivity contribution in [2.75, 3.05) is 0 Å². The van der Waals surface area contributed by atoms with Crippen molar-refractivity contribution >= 4 is 12.6 Å². The van der Waals surface area contributed by atoms with Gasteiger partial charge >= 0.3 is 124 Å². The van der Waals surface area contributed by atoms with Crippen LogP contribution in [0.5, 0.6) is 0 Å². The maximum absolute atomic E-state index is 9.88. The van der Waals surface area contributed by atoms with Crippen molar-refractivity contribution < 1.29 is 47.9 Å². The van der Waals surface area contributed by atoms with Crippen molar-refractivity contribution in [1.29, 1.82) is 0 Å². The van der Waals surface area contributed by atoms with Gasteiger partial charge in [0.25, 0.3) is 0 Å². The molecule has 1 aromatic carbocycles. The van der Waals surface area contributed by atoms with Crippen LogP contribution in [0.4, 0.5) is 0 Å². The number of aromatic nitrogens is 2. The molecule has 3 nitrogen and oxygen atoms in total. The van der Waals surface area contributed by atoms with Gasteiger partial charge in [-0.15, -0.1) is 0 Å². The molecule has 16 heavy (non-hydrogen) atoms. The third kappa shape index (κ3) is 3.15. The average Bonchev–Trinajstić information content (AvgIpc) is 2.30. The monoisotopic (exact) mass is 424 g/mol. The molecular weight excluding hydrogens is 414 g/mol. The summed E-state index contributed by atoms with van der Waals surface area (Å²) < 4.78 is 1.11. The molecule has 0 atom stereocenters. The number of hydrogen-bond donors (Lipinski definition) is 1. The van der Waals surface area contributed by atoms with Crippen LogP contribution in [0.2, 0.25) is 0 Å². The van der Waals surface area contributed by atoms with E-state index in [4.69, 9.17) is 0 Å². The number of nitrogens with zero attached hydrogens (tertiary/aromatic N) is 2. The van der Waals surface area contributed by atoms with Gasteiger partial charge in [-0.3, -0.25) is 0 Å². The Labute approximate surface area is 123 Å². The summed E-state index contributed by atoms with van der Waals surface area (Å²) in [6, 6.07) is 11.3. The molecule has 0 aliphatic carbocycles. The summed E-state index contributed by atoms with van der Waals surface area (Å²) in [7, 11) is 0. The van der Waals surface area contributed by atoms with Crippen molar-refractivity contribution in [3.8, 4) is 0 Å². The van der Waals surface area contributed by atoms with E-state index >= 15 is 0 Å². The Morgan fingerprint density at radius 2 is 1.94 bits per heavy atom. The van der Waals surface area contributed by atoms with E-state index in [1.54, 1.807) is 12.4 Å². The summed E-state index contributed by atoms with van der Waals surface area (Å²) in [5.41, 5.74) is 1.56. The second-order valence-electron chi connectivity index (χ2n) is 3.48. The molecule has 0 saturated heterocycles. The first-order valence-electron chi connectivity index (χ1n) is 5.00. The van der Waals surface area contributed by atoms with Crippen LogP contribution < -0.4 is 0.735 Å². The Balaban J connectivity index is 2.32. The maximum atomic E-state index is 9.88. The van der Waals surface area contributed by atoms with Gasteiger partial charge in [0.2, 0.25) is 0 Å². The van der Waals surface area contributed by atoms with Gasteiger partial charge in [-0.25, -0.2) is 0 Å². The predicted molar refractivity (Wildman–Crippen MR) is 60.0 cm³/mol. The van der Waals surface area contributed by atoms with Gasteiger partial charge in [0.1, 0.15) is 0 Å². The van der Waals surface area contributed by atoms with Crippen molar-refractivity contribution in [3.05, 3.63) is 54.0 Å². The van der Waals surface area contributed by atoms with Crippen molar-refractivity contribution in [1.82, 2.24) is 9.97 Å². The summed E-state index contributed by atoms with van der Waals surface area (Å²) >= 11 is 0.224. The summed E-state index contributed by atoms with van der Waals surface area (Å²) in [5.74, 6) is 0.233. The van der Waals surface area contributed by atoms with E-state index in [0.717, 1.165) is 12.0 Å². The molecule has 76 valence electrons. The Hall–Kier alpha value is -0.692. The second-order valence-corrected chi connectivity index (χ2v) is 7.69. The summed E-state index contributed by atoms with van der Waals surface area (Å²) in [4.78, 5) is 8.19. The molecule has 0 spiro atoms. The first-order valence-corrected chi connectivity index (χ1v) is 9.11. The zero-order valence-corrected chi connectivity index (χ0v) is 17.2. The standard InChI is InChI=1S/C12H9N2O.Ra.H/c15-12(10-4-2-1-3-5-10)8-11-6-7-13-9-14-11;;/h1-6,8-9,15H;;/b12-8-;;. The topological polar surface area (TPSA) is 46.0 Å². The van der Waals surface area contributed by atoms with Crippen LogP contribution in [0.25, 0.3) is 11.8 Å². The minimum absolute atomic E-state index is 0.224. The molecular formula is C12H10N2ORa. The molecule has 4 heteroatoms. The molecule has 2 aromatic rings. The van der Waals surface area contributed by atoms with Crippen LogP contribution in [0.15, 0.2) is 42.7 Å². The SMILES string of the molecule is O/C(=C\c1c[c]([RaH])ncn1)c1ccccc1. The molecule has 0 aliphatic rings. The van der Waals surface area contributed by atoms with E-state index in [9.17, 15) is 5.11 Å². The fraction of sp³-hybridized carbons (Fsp3) is 0. The fourth-order valence-corrected chi connectivity index (χ4v) is 3.08. The molecule has 0 bridgehead atoms. The molecule has 0 saturated carbocycles. The van der Waals surface area contributed by atoms with Crippen molar-refractivity contribution in [2.45, 2.75) is 0 Å². The van der Waals surface area contributed by atoms with E-state index < -0.39 is 0 Å². The van der Waals surface area contributed by atoms with Crippen LogP contribution in [-0.2, 0) is 0 Å². The van der Waals surface area contributed by atoms with E-state index in [0.29, 0.717) is 0 Å². The Morgan fingerprint density at radius 1 is 1.19 bits per heavy atom. The minimum atomic E-state index is 0.224. The van der Waals surface area contributed by atoms with E-state index in [2.05, 4.69) is 9.97 Å². The van der Waals surface area contributed by atoms with Gasteiger partial charge in [0, 0.05) is 0 Å². The quantitative estimate of drug-likeness (QED) is 0.743. The second kappa shape index (κ2) is 5.58. The van der Waals surface area contributed by atoms with Crippen molar-refractivity contribution in [3.63, 3.8) is 0 Å². The van der Waals surface area contributed by atoms with Gasteiger partial charge in [0.05, 0.1) is 0 Å². The number of benzene rings is 1. The molecule has 0 unspecified atom stereocenters. The molecule has 0 fully saturated rings. The molecule has 2 rings (SSSR count). The summed E-state index contributed by atoms with van der Waals surface area (Å²) in [6.07, 6.45) is 3.21. The van der Waals surface area contributed by atoms with E-state index in [1.165, 1.54) is 0 Å². The number of aliphatic hydroxyl groups is 1. The van der Waals surface area contributed by atoms with Crippen LogP contribution in [0.1, 0.15) is 11.3 Å². The Bertz CT molecular complexity index is 511. The van der Waals surface area contributed by atoms with Crippen LogP contribution in [0, 0.1) is 42.8 Å². The third-order valence-electron chi connectivity index (χ3n) is 2.18. The number of rotatable bonds is 2. The Morgan fingerprint density at radius 3 is 2.62 bits per heavy atom. The molecule has 0 aliphatic heterocycles. The molecule has 0 amide bonds. The zero-order valence-electron chi connectivity index (χ0n) is 8.96. The van der Waals surface area contributed by atoms with Gasteiger partial charge in [0.15, 0.2) is 0 Å². The van der Waals surface area contributed by atoms with Crippen LogP contribution in [0.3, 0.4) is 0 Å². The first kappa shape index (κ1) is 11.8. The number of hydrogen-bond acceptors (Lipinski definition) is 3. The van der Waals surface area contributed by atoms with Gasteiger partial charge < -0.3 is 0 Å². The molecule has 1 aromatic heterocycles. The molecule has 1 N–H and O–H groups in total. The van der Waals surface area contributed by atoms with Crippen LogP contribution in [-0.4, -0.2) is 15.1 Å². The summed E-state index contributed by atoms with van der Waals surface area (Å²) in [5, 5.41) is 9.88. The van der Waals surface area contributed by atoms with Gasteiger partial charge in [-0.1, -0.05) is 0 Å². The third-order valence-corrected chi connectivity index (χ3v) is 4.43.